The van der Waals surface area contributed by atoms with Crippen molar-refractivity contribution in [3.63, 3.8) is 0 Å². The normalized spacial score (nSPS) is 13.9. The number of nitrogens with one attached hydrogen (secondary N) is 1. The van der Waals surface area contributed by atoms with Crippen LogP contribution in [0.2, 0.25) is 0 Å². The highest BCUT2D eigenvalue weighted by atomic mass is 16.1. The molecule has 0 fully saturated rings. The minimum absolute atomic E-state index is 0.364. The molecule has 0 bridgehead atoms. The van der Waals surface area contributed by atoms with Gasteiger partial charge < -0.3 is 11.1 Å². The van der Waals surface area contributed by atoms with Crippen molar-refractivity contribution in [2.75, 3.05) is 7.05 Å². The second kappa shape index (κ2) is 5.69. The minimum Gasteiger partial charge on any atom is -0.368 e. The Kier molecular flexibility index (Phi) is 4.14. The van der Waals surface area contributed by atoms with Gasteiger partial charge in [-0.05, 0) is 38.9 Å². The summed E-state index contributed by atoms with van der Waals surface area (Å²) in [5.74, 6) is -0.415. The number of aromatic nitrogens is 2. The Labute approximate surface area is 125 Å². The molecule has 0 aliphatic rings. The Morgan fingerprint density at radius 2 is 1.90 bits per heavy atom. The van der Waals surface area contributed by atoms with Crippen LogP contribution in [0.3, 0.4) is 0 Å². The van der Waals surface area contributed by atoms with Gasteiger partial charge in [-0.1, -0.05) is 30.3 Å². The molecule has 1 heterocycles. The van der Waals surface area contributed by atoms with E-state index in [-0.39, 0.29) is 0 Å². The van der Waals surface area contributed by atoms with Gasteiger partial charge in [-0.15, -0.1) is 0 Å². The van der Waals surface area contributed by atoms with E-state index in [4.69, 9.17) is 5.73 Å². The average molecular weight is 286 g/mol. The number of likely N-dealkylation sites (N-methyl/N-ethyl adjacent to an activating group) is 1. The first-order valence-corrected chi connectivity index (χ1v) is 6.97. The van der Waals surface area contributed by atoms with E-state index in [1.165, 1.54) is 0 Å². The van der Waals surface area contributed by atoms with Gasteiger partial charge in [-0.25, -0.2) is 0 Å². The van der Waals surface area contributed by atoms with Crippen LogP contribution >= 0.6 is 0 Å². The van der Waals surface area contributed by atoms with E-state index in [0.29, 0.717) is 6.54 Å². The van der Waals surface area contributed by atoms with Gasteiger partial charge in [0.1, 0.15) is 5.54 Å². The van der Waals surface area contributed by atoms with Crippen LogP contribution < -0.4 is 11.1 Å². The number of carbonyl (C=O) groups is 1. The van der Waals surface area contributed by atoms with Crippen molar-refractivity contribution in [1.82, 2.24) is 15.1 Å². The highest BCUT2D eigenvalue weighted by Gasteiger charge is 2.38. The van der Waals surface area contributed by atoms with Gasteiger partial charge >= 0.3 is 0 Å². The van der Waals surface area contributed by atoms with Crippen LogP contribution in [0.25, 0.3) is 0 Å². The number of carbonyl (C=O) groups excluding carboxylic acids is 1. The van der Waals surface area contributed by atoms with Crippen LogP contribution in [0.4, 0.5) is 0 Å². The summed E-state index contributed by atoms with van der Waals surface area (Å²) in [6, 6.07) is 9.52. The first kappa shape index (κ1) is 15.3. The van der Waals surface area contributed by atoms with Gasteiger partial charge in [-0.3, -0.25) is 9.48 Å². The van der Waals surface area contributed by atoms with Crippen LogP contribution in [-0.4, -0.2) is 22.7 Å². The molecule has 21 heavy (non-hydrogen) atoms. The maximum Gasteiger partial charge on any atom is 0.244 e. The molecule has 3 N–H and O–H groups in total. The fourth-order valence-electron chi connectivity index (χ4n) is 2.55. The van der Waals surface area contributed by atoms with Crippen molar-refractivity contribution in [2.45, 2.75) is 32.9 Å². The van der Waals surface area contributed by atoms with Gasteiger partial charge in [0.05, 0.1) is 12.2 Å². The van der Waals surface area contributed by atoms with Crippen molar-refractivity contribution in [2.24, 2.45) is 5.73 Å². The molecule has 0 radical (unpaired) electrons. The Hall–Kier alpha value is -2.14. The number of nitrogens with two attached hydrogens (primary N) is 1. The monoisotopic (exact) mass is 286 g/mol. The van der Waals surface area contributed by atoms with Crippen LogP contribution in [0.5, 0.6) is 0 Å². The summed E-state index contributed by atoms with van der Waals surface area (Å²) in [5, 5.41) is 7.62. The molecule has 0 spiro atoms. The van der Waals surface area contributed by atoms with Crippen LogP contribution in [-0.2, 0) is 16.9 Å². The van der Waals surface area contributed by atoms with Crippen molar-refractivity contribution >= 4 is 5.91 Å². The Balaban J connectivity index is 2.51. The molecule has 1 atom stereocenters. The van der Waals surface area contributed by atoms with E-state index >= 15 is 0 Å². The number of rotatable bonds is 5. The van der Waals surface area contributed by atoms with Crippen LogP contribution in [0, 0.1) is 20.8 Å². The van der Waals surface area contributed by atoms with Crippen molar-refractivity contribution < 1.29 is 4.79 Å². The van der Waals surface area contributed by atoms with E-state index in [0.717, 1.165) is 22.5 Å². The molecule has 0 saturated heterocycles. The predicted molar refractivity (Wildman–Crippen MR) is 82.8 cm³/mol. The highest BCUT2D eigenvalue weighted by molar-refractivity contribution is 5.86. The first-order chi connectivity index (χ1) is 9.92. The predicted octanol–water partition coefficient (Wildman–Crippen LogP) is 1.41. The molecule has 112 valence electrons. The SMILES string of the molecule is CNC(Cn1nc(C)c(C)c1C)(C(N)=O)c1ccccc1. The van der Waals surface area contributed by atoms with Crippen molar-refractivity contribution in [3.05, 3.63) is 52.8 Å². The summed E-state index contributed by atoms with van der Waals surface area (Å²) in [4.78, 5) is 12.2. The van der Waals surface area contributed by atoms with Crippen LogP contribution in [0.15, 0.2) is 30.3 Å². The Morgan fingerprint density at radius 3 is 2.33 bits per heavy atom. The number of hydrogen-bond acceptors (Lipinski definition) is 3. The fraction of sp³-hybridized carbons (Fsp3) is 0.375. The lowest BCUT2D eigenvalue weighted by molar-refractivity contribution is -0.125. The lowest BCUT2D eigenvalue weighted by atomic mass is 9.89. The molecule has 2 aromatic rings. The summed E-state index contributed by atoms with van der Waals surface area (Å²) in [7, 11) is 1.75. The number of amides is 1. The smallest absolute Gasteiger partial charge is 0.244 e. The third kappa shape index (κ3) is 2.56. The molecule has 0 aliphatic heterocycles. The lowest BCUT2D eigenvalue weighted by Gasteiger charge is -2.31. The Morgan fingerprint density at radius 1 is 1.29 bits per heavy atom. The number of benzene rings is 1. The molecule has 1 aromatic heterocycles. The zero-order chi connectivity index (χ0) is 15.6. The molecule has 1 amide bonds. The summed E-state index contributed by atoms with van der Waals surface area (Å²) in [6.45, 7) is 6.36. The molecular formula is C16H22N4O. The fourth-order valence-corrected chi connectivity index (χ4v) is 2.55. The third-order valence-electron chi connectivity index (χ3n) is 4.24. The molecule has 1 unspecified atom stereocenters. The van der Waals surface area contributed by atoms with E-state index in [1.807, 2.05) is 55.8 Å². The minimum atomic E-state index is -0.975. The quantitative estimate of drug-likeness (QED) is 0.873. The second-order valence-electron chi connectivity index (χ2n) is 5.34. The molecule has 0 aliphatic carbocycles. The van der Waals surface area contributed by atoms with Gasteiger partial charge in [0.25, 0.3) is 0 Å². The highest BCUT2D eigenvalue weighted by Crippen LogP contribution is 2.24. The van der Waals surface area contributed by atoms with E-state index in [9.17, 15) is 4.79 Å². The van der Waals surface area contributed by atoms with E-state index in [1.54, 1.807) is 7.05 Å². The summed E-state index contributed by atoms with van der Waals surface area (Å²) >= 11 is 0. The molecule has 5 heteroatoms. The van der Waals surface area contributed by atoms with Crippen LogP contribution in [0.1, 0.15) is 22.5 Å². The molecular weight excluding hydrogens is 264 g/mol. The van der Waals surface area contributed by atoms with E-state index in [2.05, 4.69) is 10.4 Å². The van der Waals surface area contributed by atoms with Crippen molar-refractivity contribution in [1.29, 1.82) is 0 Å². The standard InChI is InChI=1S/C16H22N4O/c1-11-12(2)19-20(13(11)3)10-16(18-4,15(17)21)14-8-6-5-7-9-14/h5-9,18H,10H2,1-4H3,(H2,17,21). The number of hydrogen-bond donors (Lipinski definition) is 2. The van der Waals surface area contributed by atoms with E-state index < -0.39 is 11.4 Å². The zero-order valence-corrected chi connectivity index (χ0v) is 13.0. The number of primary amides is 1. The maximum atomic E-state index is 12.2. The lowest BCUT2D eigenvalue weighted by Crippen LogP contribution is -2.54. The molecule has 5 nitrogen and oxygen atoms in total. The second-order valence-corrected chi connectivity index (χ2v) is 5.34. The topological polar surface area (TPSA) is 72.9 Å². The summed E-state index contributed by atoms with van der Waals surface area (Å²) in [6.07, 6.45) is 0. The maximum absolute atomic E-state index is 12.2. The average Bonchev–Trinajstić information content (AvgIpc) is 2.72. The molecule has 0 saturated carbocycles. The largest absolute Gasteiger partial charge is 0.368 e. The summed E-state index contributed by atoms with van der Waals surface area (Å²) < 4.78 is 1.85. The van der Waals surface area contributed by atoms with Gasteiger partial charge in [-0.2, -0.15) is 5.10 Å². The van der Waals surface area contributed by atoms with Gasteiger partial charge in [0, 0.05) is 5.69 Å². The third-order valence-corrected chi connectivity index (χ3v) is 4.24. The first-order valence-electron chi connectivity index (χ1n) is 6.97. The summed E-state index contributed by atoms with van der Waals surface area (Å²) in [5.41, 5.74) is 8.73. The molecule has 1 aromatic carbocycles. The number of aryl methyl sites for hydroxylation is 1. The zero-order valence-electron chi connectivity index (χ0n) is 13.0. The van der Waals surface area contributed by atoms with Crippen molar-refractivity contribution in [3.8, 4) is 0 Å². The Bertz CT molecular complexity index is 648. The van der Waals surface area contributed by atoms with Gasteiger partial charge in [0.15, 0.2) is 0 Å². The van der Waals surface area contributed by atoms with Gasteiger partial charge in [0.2, 0.25) is 5.91 Å². The molecule has 2 rings (SSSR count). The number of nitrogens with zero attached hydrogens (tertiary/aromatic N) is 2.